The van der Waals surface area contributed by atoms with E-state index in [9.17, 15) is 0 Å². The maximum absolute atomic E-state index is 6.76. The van der Waals surface area contributed by atoms with Crippen molar-refractivity contribution in [3.05, 3.63) is 200 Å². The minimum atomic E-state index is 0.615. The van der Waals surface area contributed by atoms with Gasteiger partial charge in [-0.3, -0.25) is 0 Å². The third kappa shape index (κ3) is 5.03. The fourth-order valence-electron chi connectivity index (χ4n) is 8.33. The van der Waals surface area contributed by atoms with Gasteiger partial charge in [0.1, 0.15) is 5.52 Å². The standard InChI is InChI=1S/C51H33N3O/c1-5-16-34(17-6-1)43-32-36-28-29-39(33-44(36)48-41(43)30-31-45-50(48)55-51(52-45)35-18-7-2-8-19-35)53(37-20-9-3-10-21-37)47-27-15-25-42-40-24-13-14-26-46(40)54(49(42)47)38-22-11-4-12-23-38/h1-33H. The molecule has 55 heavy (non-hydrogen) atoms. The lowest BCUT2D eigenvalue weighted by Crippen LogP contribution is -2.11. The average molecular weight is 704 g/mol. The van der Waals surface area contributed by atoms with E-state index < -0.39 is 0 Å². The van der Waals surface area contributed by atoms with Crippen LogP contribution >= 0.6 is 0 Å². The Morgan fingerprint density at radius 3 is 1.93 bits per heavy atom. The Balaban J connectivity index is 1.23. The van der Waals surface area contributed by atoms with Crippen LogP contribution in [0, 0.1) is 0 Å². The van der Waals surface area contributed by atoms with Gasteiger partial charge in [-0.15, -0.1) is 0 Å². The molecular formula is C51H33N3O. The van der Waals surface area contributed by atoms with Gasteiger partial charge in [0.05, 0.1) is 16.7 Å². The molecule has 4 heteroatoms. The molecule has 0 radical (unpaired) electrons. The molecule has 0 aliphatic rings. The van der Waals surface area contributed by atoms with Gasteiger partial charge in [0.2, 0.25) is 5.89 Å². The largest absolute Gasteiger partial charge is 0.435 e. The molecule has 0 amide bonds. The van der Waals surface area contributed by atoms with Gasteiger partial charge in [0.15, 0.2) is 5.58 Å². The monoisotopic (exact) mass is 703 g/mol. The van der Waals surface area contributed by atoms with Gasteiger partial charge in [0.25, 0.3) is 0 Å². The number of nitrogens with zero attached hydrogens (tertiary/aromatic N) is 3. The summed E-state index contributed by atoms with van der Waals surface area (Å²) in [4.78, 5) is 7.40. The molecule has 258 valence electrons. The Morgan fingerprint density at radius 2 is 1.15 bits per heavy atom. The first kappa shape index (κ1) is 31.1. The summed E-state index contributed by atoms with van der Waals surface area (Å²) >= 11 is 0. The summed E-state index contributed by atoms with van der Waals surface area (Å²) in [7, 11) is 0. The molecule has 9 aromatic carbocycles. The van der Waals surface area contributed by atoms with Crippen LogP contribution in [0.1, 0.15) is 0 Å². The number of hydrogen-bond acceptors (Lipinski definition) is 3. The maximum atomic E-state index is 6.76. The van der Waals surface area contributed by atoms with Crippen LogP contribution < -0.4 is 4.90 Å². The first-order valence-corrected chi connectivity index (χ1v) is 18.6. The van der Waals surface area contributed by atoms with Gasteiger partial charge in [-0.05, 0) is 100 Å². The maximum Gasteiger partial charge on any atom is 0.227 e. The van der Waals surface area contributed by atoms with Crippen LogP contribution in [0.3, 0.4) is 0 Å². The second-order valence-electron chi connectivity index (χ2n) is 13.9. The first-order chi connectivity index (χ1) is 27.3. The minimum Gasteiger partial charge on any atom is -0.435 e. The molecule has 2 heterocycles. The third-order valence-corrected chi connectivity index (χ3v) is 10.8. The highest BCUT2D eigenvalue weighted by Gasteiger charge is 2.23. The number of benzene rings is 9. The van der Waals surface area contributed by atoms with E-state index in [1.54, 1.807) is 0 Å². The lowest BCUT2D eigenvalue weighted by Gasteiger charge is -2.27. The van der Waals surface area contributed by atoms with E-state index >= 15 is 0 Å². The van der Waals surface area contributed by atoms with Crippen molar-refractivity contribution < 1.29 is 4.42 Å². The van der Waals surface area contributed by atoms with Crippen molar-refractivity contribution in [3.63, 3.8) is 0 Å². The molecule has 2 aromatic heterocycles. The van der Waals surface area contributed by atoms with Gasteiger partial charge in [0, 0.05) is 38.8 Å². The van der Waals surface area contributed by atoms with Gasteiger partial charge in [-0.1, -0.05) is 127 Å². The molecule has 0 bridgehead atoms. The number of rotatable bonds is 6. The van der Waals surface area contributed by atoms with E-state index in [1.165, 1.54) is 16.3 Å². The van der Waals surface area contributed by atoms with Crippen molar-refractivity contribution in [2.45, 2.75) is 0 Å². The predicted molar refractivity (Wildman–Crippen MR) is 229 cm³/mol. The Morgan fingerprint density at radius 1 is 0.473 bits per heavy atom. The van der Waals surface area contributed by atoms with Gasteiger partial charge >= 0.3 is 0 Å². The molecular weight excluding hydrogens is 671 g/mol. The van der Waals surface area contributed by atoms with Gasteiger partial charge in [-0.2, -0.15) is 0 Å². The van der Waals surface area contributed by atoms with E-state index in [0.717, 1.165) is 77.6 Å². The molecule has 11 aromatic rings. The number of anilines is 3. The summed E-state index contributed by atoms with van der Waals surface area (Å²) < 4.78 is 9.17. The van der Waals surface area contributed by atoms with Crippen molar-refractivity contribution >= 4 is 71.5 Å². The normalized spacial score (nSPS) is 11.6. The summed E-state index contributed by atoms with van der Waals surface area (Å²) in [5.41, 5.74) is 11.5. The zero-order valence-corrected chi connectivity index (χ0v) is 29.8. The minimum absolute atomic E-state index is 0.615. The SMILES string of the molecule is c1ccc(-c2nc3ccc4c(-c5ccccc5)cc5ccc(N(c6ccccc6)c6cccc7c8ccccc8n(-c8ccccc8)c67)cc5c4c3o2)cc1. The Kier molecular flexibility index (Phi) is 7.14. The molecule has 0 spiro atoms. The van der Waals surface area contributed by atoms with Crippen LogP contribution in [-0.4, -0.2) is 9.55 Å². The van der Waals surface area contributed by atoms with Crippen molar-refractivity contribution in [2.75, 3.05) is 4.90 Å². The Bertz CT molecular complexity index is 3190. The molecule has 0 aliphatic heterocycles. The molecule has 0 saturated heterocycles. The second-order valence-corrected chi connectivity index (χ2v) is 13.9. The Labute approximate surface area is 317 Å². The highest BCUT2D eigenvalue weighted by molar-refractivity contribution is 6.23. The number of oxazole rings is 1. The number of hydrogen-bond donors (Lipinski definition) is 0. The first-order valence-electron chi connectivity index (χ1n) is 18.6. The highest BCUT2D eigenvalue weighted by Crippen LogP contribution is 2.46. The van der Waals surface area contributed by atoms with Crippen LogP contribution in [0.25, 0.3) is 82.7 Å². The lowest BCUT2D eigenvalue weighted by atomic mass is 9.92. The fraction of sp³-hybridized carbons (Fsp3) is 0. The molecule has 0 aliphatic carbocycles. The number of fused-ring (bicyclic) bond motifs is 8. The lowest BCUT2D eigenvalue weighted by molar-refractivity contribution is 0.623. The topological polar surface area (TPSA) is 34.2 Å². The summed E-state index contributed by atoms with van der Waals surface area (Å²) in [5.74, 6) is 0.615. The van der Waals surface area contributed by atoms with E-state index in [1.807, 2.05) is 30.3 Å². The third-order valence-electron chi connectivity index (χ3n) is 10.8. The smallest absolute Gasteiger partial charge is 0.227 e. The van der Waals surface area contributed by atoms with Crippen LogP contribution in [0.2, 0.25) is 0 Å². The summed E-state index contributed by atoms with van der Waals surface area (Å²) in [6.07, 6.45) is 0. The van der Waals surface area contributed by atoms with Crippen LogP contribution in [-0.2, 0) is 0 Å². The van der Waals surface area contributed by atoms with Gasteiger partial charge < -0.3 is 13.9 Å². The summed E-state index contributed by atoms with van der Waals surface area (Å²) in [5, 5.41) is 6.83. The average Bonchev–Trinajstić information content (AvgIpc) is 3.85. The zero-order chi connectivity index (χ0) is 36.3. The molecule has 4 nitrogen and oxygen atoms in total. The molecule has 0 unspecified atom stereocenters. The fourth-order valence-corrected chi connectivity index (χ4v) is 8.33. The van der Waals surface area contributed by atoms with E-state index in [4.69, 9.17) is 9.40 Å². The molecule has 0 fully saturated rings. The molecule has 0 atom stereocenters. The quantitative estimate of drug-likeness (QED) is 0.162. The van der Waals surface area contributed by atoms with Crippen molar-refractivity contribution in [3.8, 4) is 28.3 Å². The number of para-hydroxylation sites is 4. The van der Waals surface area contributed by atoms with Crippen LogP contribution in [0.15, 0.2) is 205 Å². The molecule has 0 N–H and O–H groups in total. The zero-order valence-electron chi connectivity index (χ0n) is 29.8. The van der Waals surface area contributed by atoms with E-state index in [-0.39, 0.29) is 0 Å². The van der Waals surface area contributed by atoms with Crippen LogP contribution in [0.5, 0.6) is 0 Å². The van der Waals surface area contributed by atoms with E-state index in [2.05, 4.69) is 179 Å². The number of aromatic nitrogens is 2. The Hall–Kier alpha value is -7.43. The highest BCUT2D eigenvalue weighted by atomic mass is 16.3. The van der Waals surface area contributed by atoms with E-state index in [0.29, 0.717) is 5.89 Å². The predicted octanol–water partition coefficient (Wildman–Crippen LogP) is 14.0. The summed E-state index contributed by atoms with van der Waals surface area (Å²) in [6.45, 7) is 0. The van der Waals surface area contributed by atoms with Crippen molar-refractivity contribution in [1.29, 1.82) is 0 Å². The molecule has 11 rings (SSSR count). The van der Waals surface area contributed by atoms with Gasteiger partial charge in [-0.25, -0.2) is 4.98 Å². The summed E-state index contributed by atoms with van der Waals surface area (Å²) in [6, 6.07) is 71.0. The van der Waals surface area contributed by atoms with Crippen molar-refractivity contribution in [1.82, 2.24) is 9.55 Å². The van der Waals surface area contributed by atoms with Crippen molar-refractivity contribution in [2.24, 2.45) is 0 Å². The van der Waals surface area contributed by atoms with Crippen LogP contribution in [0.4, 0.5) is 17.1 Å². The second kappa shape index (κ2) is 12.6. The molecule has 0 saturated carbocycles.